The summed E-state index contributed by atoms with van der Waals surface area (Å²) in [7, 11) is 0. The summed E-state index contributed by atoms with van der Waals surface area (Å²) in [6.45, 7) is 0. The molecule has 1 aliphatic rings. The van der Waals surface area contributed by atoms with Gasteiger partial charge in [0.05, 0.1) is 23.4 Å². The van der Waals surface area contributed by atoms with Gasteiger partial charge in [-0.1, -0.05) is 127 Å². The number of hydrogen-bond acceptors (Lipinski definition) is 3. The molecular formula is C45H30N5S-. The summed E-state index contributed by atoms with van der Waals surface area (Å²) in [5, 5.41) is 16.6. The van der Waals surface area contributed by atoms with Crippen LogP contribution in [-0.2, 0) is 0 Å². The van der Waals surface area contributed by atoms with E-state index in [1.807, 2.05) is 11.3 Å². The highest BCUT2D eigenvalue weighted by molar-refractivity contribution is 7.26. The zero-order valence-corrected chi connectivity index (χ0v) is 28.3. The summed E-state index contributed by atoms with van der Waals surface area (Å²) in [6, 6.07) is 58.5. The van der Waals surface area contributed by atoms with Crippen molar-refractivity contribution in [3.05, 3.63) is 180 Å². The van der Waals surface area contributed by atoms with Crippen LogP contribution in [0.15, 0.2) is 169 Å². The largest absolute Gasteiger partial charge is 0.371 e. The van der Waals surface area contributed by atoms with Gasteiger partial charge in [-0.2, -0.15) is 0 Å². The molecule has 0 bridgehead atoms. The van der Waals surface area contributed by atoms with Crippen LogP contribution in [0.5, 0.6) is 0 Å². The number of nitrogens with one attached hydrogen (secondary N) is 1. The molecule has 0 radical (unpaired) electrons. The first-order valence-electron chi connectivity index (χ1n) is 17.3. The summed E-state index contributed by atoms with van der Waals surface area (Å²) < 4.78 is 7.28. The highest BCUT2D eigenvalue weighted by atomic mass is 32.1. The van der Waals surface area contributed by atoms with Crippen LogP contribution >= 0.6 is 11.3 Å². The van der Waals surface area contributed by atoms with E-state index in [1.165, 1.54) is 47.2 Å². The van der Waals surface area contributed by atoms with Crippen molar-refractivity contribution in [1.29, 1.82) is 0 Å². The van der Waals surface area contributed by atoms with E-state index >= 15 is 0 Å². The van der Waals surface area contributed by atoms with Crippen molar-refractivity contribution >= 4 is 81.1 Å². The van der Waals surface area contributed by atoms with Gasteiger partial charge in [-0.3, -0.25) is 5.32 Å². The molecule has 1 N–H and O–H groups in total. The number of para-hydroxylation sites is 2. The number of benzene rings is 7. The Hall–Kier alpha value is -6.21. The molecule has 3 aromatic heterocycles. The van der Waals surface area contributed by atoms with Crippen LogP contribution in [0.2, 0.25) is 0 Å². The Labute approximate surface area is 297 Å². The molecule has 51 heavy (non-hydrogen) atoms. The van der Waals surface area contributed by atoms with Crippen molar-refractivity contribution in [2.24, 2.45) is 4.99 Å². The molecule has 242 valence electrons. The first kappa shape index (κ1) is 28.6. The number of rotatable bonds is 3. The molecule has 0 aliphatic carbocycles. The van der Waals surface area contributed by atoms with Gasteiger partial charge < -0.3 is 19.4 Å². The zero-order chi connectivity index (χ0) is 33.5. The SMILES string of the molecule is c1ccc(C2N=C(n3c4cc5c(cc4c4c6sc7ccccc7c6ccc43)c3ccccc3n5-c3ccccc3)[N-]C(c3ccccc3)N2)cc1. The first-order chi connectivity index (χ1) is 25.3. The highest BCUT2D eigenvalue weighted by Gasteiger charge is 2.24. The third kappa shape index (κ3) is 4.34. The Kier molecular flexibility index (Phi) is 6.26. The number of aliphatic imine (C=N–C) groups is 1. The summed E-state index contributed by atoms with van der Waals surface area (Å²) >= 11 is 1.87. The second kappa shape index (κ2) is 11.2. The van der Waals surface area contributed by atoms with Crippen LogP contribution < -0.4 is 5.32 Å². The minimum Gasteiger partial charge on any atom is -0.371 e. The summed E-state index contributed by atoms with van der Waals surface area (Å²) in [5.74, 6) is 0.693. The summed E-state index contributed by atoms with van der Waals surface area (Å²) in [5.41, 5.74) is 7.87. The lowest BCUT2D eigenvalue weighted by atomic mass is 10.1. The maximum Gasteiger partial charge on any atom is 0.0678 e. The molecule has 0 saturated carbocycles. The van der Waals surface area contributed by atoms with E-state index in [-0.39, 0.29) is 12.3 Å². The molecular weight excluding hydrogens is 643 g/mol. The number of hydrogen-bond donors (Lipinski definition) is 1. The van der Waals surface area contributed by atoms with E-state index in [0.717, 1.165) is 33.4 Å². The lowest BCUT2D eigenvalue weighted by Crippen LogP contribution is -2.33. The molecule has 0 amide bonds. The monoisotopic (exact) mass is 672 g/mol. The topological polar surface area (TPSA) is 48.4 Å². The molecule has 0 spiro atoms. The van der Waals surface area contributed by atoms with Crippen LogP contribution in [-0.4, -0.2) is 15.1 Å². The zero-order valence-electron chi connectivity index (χ0n) is 27.4. The lowest BCUT2D eigenvalue weighted by molar-refractivity contribution is 0.485. The van der Waals surface area contributed by atoms with Crippen molar-refractivity contribution in [1.82, 2.24) is 14.5 Å². The van der Waals surface area contributed by atoms with Gasteiger partial charge in [0.15, 0.2) is 0 Å². The molecule has 11 rings (SSSR count). The molecule has 0 saturated heterocycles. The van der Waals surface area contributed by atoms with Crippen LogP contribution in [0.25, 0.3) is 74.8 Å². The molecule has 6 heteroatoms. The Morgan fingerprint density at radius 3 is 1.98 bits per heavy atom. The van der Waals surface area contributed by atoms with Crippen LogP contribution in [0.4, 0.5) is 0 Å². The van der Waals surface area contributed by atoms with Crippen molar-refractivity contribution in [3.63, 3.8) is 0 Å². The van der Waals surface area contributed by atoms with Crippen molar-refractivity contribution in [3.8, 4) is 5.69 Å². The van der Waals surface area contributed by atoms with E-state index in [1.54, 1.807) is 0 Å². The van der Waals surface area contributed by atoms with Gasteiger partial charge >= 0.3 is 0 Å². The molecule has 1 aliphatic heterocycles. The van der Waals surface area contributed by atoms with Gasteiger partial charge in [0.1, 0.15) is 0 Å². The smallest absolute Gasteiger partial charge is 0.0678 e. The van der Waals surface area contributed by atoms with Crippen molar-refractivity contribution < 1.29 is 0 Å². The average molecular weight is 673 g/mol. The molecule has 7 aromatic carbocycles. The second-order valence-electron chi connectivity index (χ2n) is 13.2. The van der Waals surface area contributed by atoms with Gasteiger partial charge in [-0.15, -0.1) is 11.3 Å². The van der Waals surface area contributed by atoms with E-state index in [4.69, 9.17) is 10.3 Å². The number of thiophene rings is 1. The molecule has 10 aromatic rings. The Bertz CT molecular complexity index is 2970. The number of nitrogens with zero attached hydrogens (tertiary/aromatic N) is 4. The van der Waals surface area contributed by atoms with Gasteiger partial charge in [-0.25, -0.2) is 0 Å². The summed E-state index contributed by atoms with van der Waals surface area (Å²) in [6.07, 6.45) is -0.548. The van der Waals surface area contributed by atoms with Crippen LogP contribution in [0.1, 0.15) is 23.5 Å². The first-order valence-corrected chi connectivity index (χ1v) is 18.1. The minimum absolute atomic E-state index is 0.274. The third-order valence-corrected chi connectivity index (χ3v) is 11.5. The molecule has 4 heterocycles. The summed E-state index contributed by atoms with van der Waals surface area (Å²) in [4.78, 5) is 5.40. The van der Waals surface area contributed by atoms with Crippen molar-refractivity contribution in [2.45, 2.75) is 12.3 Å². The van der Waals surface area contributed by atoms with Gasteiger partial charge in [0.25, 0.3) is 0 Å². The van der Waals surface area contributed by atoms with Gasteiger partial charge in [-0.05, 0) is 58.4 Å². The molecule has 2 unspecified atom stereocenters. The standard InChI is InChI=1S/C45H30N5S/c1-4-14-28(15-5-1)43-46-44(29-16-6-2-7-17-29)48-45(47-43)50-37-25-24-33-32-21-11-13-23-40(32)51-42(33)41(37)35-26-34-31-20-10-12-22-36(31)49(38(34)27-39(35)50)30-18-8-3-9-19-30/h1-27,43-44,46H/q-1. The van der Waals surface area contributed by atoms with E-state index in [0.29, 0.717) is 5.96 Å². The third-order valence-electron chi connectivity index (χ3n) is 10.3. The molecule has 2 atom stereocenters. The maximum atomic E-state index is 5.40. The number of aromatic nitrogens is 2. The lowest BCUT2D eigenvalue weighted by Gasteiger charge is -2.39. The Morgan fingerprint density at radius 2 is 1.18 bits per heavy atom. The predicted octanol–water partition coefficient (Wildman–Crippen LogP) is 11.8. The molecule has 0 fully saturated rings. The minimum atomic E-state index is -0.274. The van der Waals surface area contributed by atoms with Crippen LogP contribution in [0.3, 0.4) is 0 Å². The van der Waals surface area contributed by atoms with E-state index < -0.39 is 0 Å². The Balaban J connectivity index is 1.27. The normalized spacial score (nSPS) is 16.4. The van der Waals surface area contributed by atoms with Crippen molar-refractivity contribution in [2.75, 3.05) is 0 Å². The van der Waals surface area contributed by atoms with Gasteiger partial charge in [0, 0.05) is 53.5 Å². The fourth-order valence-electron chi connectivity index (χ4n) is 8.03. The highest BCUT2D eigenvalue weighted by Crippen LogP contribution is 2.45. The average Bonchev–Trinajstić information content (AvgIpc) is 3.85. The predicted molar refractivity (Wildman–Crippen MR) is 214 cm³/mol. The van der Waals surface area contributed by atoms with Gasteiger partial charge in [0.2, 0.25) is 0 Å². The fraction of sp³-hybridized carbons (Fsp3) is 0.0444. The number of fused-ring (bicyclic) bond motifs is 10. The maximum absolute atomic E-state index is 5.40. The Morgan fingerprint density at radius 1 is 0.510 bits per heavy atom. The van der Waals surface area contributed by atoms with E-state index in [2.05, 4.69) is 178 Å². The van der Waals surface area contributed by atoms with E-state index in [9.17, 15) is 0 Å². The second-order valence-corrected chi connectivity index (χ2v) is 14.2. The fourth-order valence-corrected chi connectivity index (χ4v) is 9.29. The van der Waals surface area contributed by atoms with Crippen LogP contribution in [0, 0.1) is 0 Å². The molecule has 5 nitrogen and oxygen atoms in total. The quantitative estimate of drug-likeness (QED) is 0.199.